The van der Waals surface area contributed by atoms with E-state index in [4.69, 9.17) is 10.4 Å². The van der Waals surface area contributed by atoms with E-state index in [9.17, 15) is 4.79 Å². The zero-order valence-electron chi connectivity index (χ0n) is 6.74. The van der Waals surface area contributed by atoms with Gasteiger partial charge in [0.25, 0.3) is 0 Å². The third-order valence-corrected chi connectivity index (χ3v) is 3.62. The van der Waals surface area contributed by atoms with Crippen LogP contribution in [-0.4, -0.2) is 11.1 Å². The largest absolute Gasteiger partial charge is 0.480 e. The quantitative estimate of drug-likeness (QED) is 0.887. The molecule has 0 radical (unpaired) electrons. The van der Waals surface area contributed by atoms with Crippen molar-refractivity contribution in [1.29, 1.82) is 5.26 Å². The summed E-state index contributed by atoms with van der Waals surface area (Å²) in [4.78, 5) is 11.4. The number of nitrogens with zero attached hydrogens (tertiary/aromatic N) is 1. The Morgan fingerprint density at radius 2 is 2.46 bits per heavy atom. The minimum absolute atomic E-state index is 0.536. The van der Waals surface area contributed by atoms with Crippen molar-refractivity contribution in [2.45, 2.75) is 12.3 Å². The first kappa shape index (κ1) is 10.2. The zero-order valence-corrected chi connectivity index (χ0v) is 9.15. The number of thiophene rings is 1. The molecule has 0 aromatic carbocycles. The fourth-order valence-corrected chi connectivity index (χ4v) is 2.32. The van der Waals surface area contributed by atoms with Crippen molar-refractivity contribution >= 4 is 33.2 Å². The Morgan fingerprint density at radius 3 is 2.77 bits per heavy atom. The molecule has 0 amide bonds. The average molecular weight is 260 g/mol. The van der Waals surface area contributed by atoms with Gasteiger partial charge in [0, 0.05) is 14.7 Å². The first-order chi connectivity index (χ1) is 6.00. The first-order valence-corrected chi connectivity index (χ1v) is 5.07. The van der Waals surface area contributed by atoms with Gasteiger partial charge in [0.15, 0.2) is 5.41 Å². The maximum absolute atomic E-state index is 10.8. The number of carbonyl (C=O) groups is 1. The average Bonchev–Trinajstić information content (AvgIpc) is 2.50. The van der Waals surface area contributed by atoms with Gasteiger partial charge in [0.2, 0.25) is 0 Å². The Kier molecular flexibility index (Phi) is 2.74. The van der Waals surface area contributed by atoms with Crippen LogP contribution < -0.4 is 0 Å². The minimum Gasteiger partial charge on any atom is -0.480 e. The van der Waals surface area contributed by atoms with E-state index in [1.54, 1.807) is 17.5 Å². The lowest BCUT2D eigenvalue weighted by Crippen LogP contribution is -2.29. The molecule has 1 unspecified atom stereocenters. The second-order valence-corrected chi connectivity index (χ2v) is 4.50. The van der Waals surface area contributed by atoms with Crippen molar-refractivity contribution in [3.63, 3.8) is 0 Å². The number of rotatable bonds is 2. The van der Waals surface area contributed by atoms with E-state index in [2.05, 4.69) is 15.9 Å². The zero-order chi connectivity index (χ0) is 10.1. The van der Waals surface area contributed by atoms with E-state index in [0.29, 0.717) is 4.88 Å². The summed E-state index contributed by atoms with van der Waals surface area (Å²) in [6, 6.07) is 3.45. The smallest absolute Gasteiger partial charge is 0.329 e. The molecular formula is C8H6BrNO2S. The van der Waals surface area contributed by atoms with Gasteiger partial charge in [-0.3, -0.25) is 4.79 Å². The molecule has 0 aliphatic carbocycles. The van der Waals surface area contributed by atoms with Crippen LogP contribution in [0.25, 0.3) is 0 Å². The Bertz CT molecular complexity index is 382. The maximum atomic E-state index is 10.8. The fourth-order valence-electron chi connectivity index (χ4n) is 0.784. The first-order valence-electron chi connectivity index (χ1n) is 3.40. The summed E-state index contributed by atoms with van der Waals surface area (Å²) in [5.41, 5.74) is -1.43. The summed E-state index contributed by atoms with van der Waals surface area (Å²) in [6.45, 7) is 1.40. The number of hydrogen-bond acceptors (Lipinski definition) is 3. The second-order valence-electron chi connectivity index (χ2n) is 2.67. The fraction of sp³-hybridized carbons (Fsp3) is 0.250. The molecule has 5 heteroatoms. The monoisotopic (exact) mass is 259 g/mol. The van der Waals surface area contributed by atoms with Crippen LogP contribution in [0.1, 0.15) is 11.8 Å². The molecule has 1 aromatic heterocycles. The van der Waals surface area contributed by atoms with E-state index in [-0.39, 0.29) is 0 Å². The third kappa shape index (κ3) is 1.74. The SMILES string of the molecule is CC(C#N)(C(=O)O)c1cc(Br)cs1. The minimum atomic E-state index is -1.43. The van der Waals surface area contributed by atoms with E-state index in [1.807, 2.05) is 0 Å². The van der Waals surface area contributed by atoms with Gasteiger partial charge in [-0.15, -0.1) is 11.3 Å². The molecule has 0 spiro atoms. The summed E-state index contributed by atoms with van der Waals surface area (Å²) in [5.74, 6) is -1.12. The van der Waals surface area contributed by atoms with E-state index >= 15 is 0 Å². The summed E-state index contributed by atoms with van der Waals surface area (Å²) in [5, 5.41) is 19.4. The van der Waals surface area contributed by atoms with Gasteiger partial charge in [0.1, 0.15) is 0 Å². The van der Waals surface area contributed by atoms with E-state index < -0.39 is 11.4 Å². The number of hydrogen-bond donors (Lipinski definition) is 1. The van der Waals surface area contributed by atoms with Gasteiger partial charge >= 0.3 is 5.97 Å². The van der Waals surface area contributed by atoms with Gasteiger partial charge in [-0.25, -0.2) is 0 Å². The van der Waals surface area contributed by atoms with Crippen LogP contribution in [0.4, 0.5) is 0 Å². The van der Waals surface area contributed by atoms with Gasteiger partial charge in [0.05, 0.1) is 6.07 Å². The van der Waals surface area contributed by atoms with Gasteiger partial charge in [-0.1, -0.05) is 0 Å². The molecule has 0 bridgehead atoms. The summed E-state index contributed by atoms with van der Waals surface area (Å²) < 4.78 is 0.801. The van der Waals surface area contributed by atoms with Crippen molar-refractivity contribution in [1.82, 2.24) is 0 Å². The van der Waals surface area contributed by atoms with Gasteiger partial charge in [-0.2, -0.15) is 5.26 Å². The summed E-state index contributed by atoms with van der Waals surface area (Å²) in [7, 11) is 0. The van der Waals surface area contributed by atoms with Crippen molar-refractivity contribution in [3.8, 4) is 6.07 Å². The highest BCUT2D eigenvalue weighted by Crippen LogP contribution is 2.31. The highest BCUT2D eigenvalue weighted by molar-refractivity contribution is 9.10. The van der Waals surface area contributed by atoms with Crippen LogP contribution in [0.15, 0.2) is 15.9 Å². The lowest BCUT2D eigenvalue weighted by Gasteiger charge is -2.12. The van der Waals surface area contributed by atoms with Crippen LogP contribution >= 0.6 is 27.3 Å². The summed E-state index contributed by atoms with van der Waals surface area (Å²) in [6.07, 6.45) is 0. The molecule has 68 valence electrons. The molecule has 1 atom stereocenters. The Morgan fingerprint density at radius 1 is 1.85 bits per heavy atom. The lowest BCUT2D eigenvalue weighted by molar-refractivity contribution is -0.140. The predicted octanol–water partition coefficient (Wildman–Crippen LogP) is 2.38. The highest BCUT2D eigenvalue weighted by atomic mass is 79.9. The van der Waals surface area contributed by atoms with E-state index in [1.165, 1.54) is 18.3 Å². The second kappa shape index (κ2) is 3.48. The highest BCUT2D eigenvalue weighted by Gasteiger charge is 2.36. The van der Waals surface area contributed by atoms with Crippen molar-refractivity contribution in [2.75, 3.05) is 0 Å². The van der Waals surface area contributed by atoms with Crippen molar-refractivity contribution in [3.05, 3.63) is 20.8 Å². The number of carboxylic acid groups (broad SMARTS) is 1. The normalized spacial score (nSPS) is 14.5. The van der Waals surface area contributed by atoms with Crippen molar-refractivity contribution in [2.24, 2.45) is 0 Å². The van der Waals surface area contributed by atoms with Gasteiger partial charge in [-0.05, 0) is 28.9 Å². The maximum Gasteiger partial charge on any atom is 0.329 e. The molecule has 13 heavy (non-hydrogen) atoms. The topological polar surface area (TPSA) is 61.1 Å². The van der Waals surface area contributed by atoms with Crippen LogP contribution in [0.2, 0.25) is 0 Å². The summed E-state index contributed by atoms with van der Waals surface area (Å²) >= 11 is 4.47. The number of carboxylic acids is 1. The standard InChI is InChI=1S/C8H6BrNO2S/c1-8(4-10,7(11)12)6-2-5(9)3-13-6/h2-3H,1H3,(H,11,12). The molecule has 0 aliphatic rings. The molecule has 0 aliphatic heterocycles. The lowest BCUT2D eigenvalue weighted by atomic mass is 9.91. The Balaban J connectivity index is 3.19. The van der Waals surface area contributed by atoms with Crippen molar-refractivity contribution < 1.29 is 9.90 Å². The van der Waals surface area contributed by atoms with E-state index in [0.717, 1.165) is 4.47 Å². The third-order valence-electron chi connectivity index (χ3n) is 1.71. The molecular weight excluding hydrogens is 254 g/mol. The predicted molar refractivity (Wildman–Crippen MR) is 52.6 cm³/mol. The molecule has 1 N–H and O–H groups in total. The van der Waals surface area contributed by atoms with Crippen LogP contribution in [-0.2, 0) is 10.2 Å². The number of nitriles is 1. The molecule has 0 saturated carbocycles. The van der Waals surface area contributed by atoms with Crippen LogP contribution in [0, 0.1) is 11.3 Å². The van der Waals surface area contributed by atoms with Gasteiger partial charge < -0.3 is 5.11 Å². The Hall–Kier alpha value is -0.860. The Labute approximate surface area is 87.7 Å². The molecule has 1 aromatic rings. The molecule has 0 saturated heterocycles. The number of halogens is 1. The van der Waals surface area contributed by atoms with Crippen LogP contribution in [0.3, 0.4) is 0 Å². The number of aliphatic carboxylic acids is 1. The molecule has 0 fully saturated rings. The molecule has 3 nitrogen and oxygen atoms in total. The van der Waals surface area contributed by atoms with Crippen LogP contribution in [0.5, 0.6) is 0 Å². The molecule has 1 heterocycles. The molecule has 1 rings (SSSR count).